The summed E-state index contributed by atoms with van der Waals surface area (Å²) in [5, 5.41) is 0. The zero-order chi connectivity index (χ0) is 6.53. The molecule has 1 aromatic carbocycles. The first-order valence-electron chi connectivity index (χ1n) is 3.11. The molecule has 0 bridgehead atoms. The summed E-state index contributed by atoms with van der Waals surface area (Å²) in [5.41, 5.74) is 1.26. The van der Waals surface area contributed by atoms with E-state index < -0.39 is 0 Å². The Kier molecular flexibility index (Phi) is 4.69. The van der Waals surface area contributed by atoms with Crippen LogP contribution in [0, 0.1) is 0 Å². The summed E-state index contributed by atoms with van der Waals surface area (Å²) in [6.07, 6.45) is 4.12. The van der Waals surface area contributed by atoms with Gasteiger partial charge in [-0.15, -0.1) is 12.4 Å². The topological polar surface area (TPSA) is 0 Å². The van der Waals surface area contributed by atoms with Crippen molar-refractivity contribution < 1.29 is 0 Å². The first-order chi connectivity index (χ1) is 4.43. The molecule has 1 rings (SSSR count). The third-order valence-electron chi connectivity index (χ3n) is 1.16. The van der Waals surface area contributed by atoms with E-state index >= 15 is 0 Å². The van der Waals surface area contributed by atoms with E-state index in [0.29, 0.717) is 0 Å². The van der Waals surface area contributed by atoms with Crippen LogP contribution in [0.4, 0.5) is 0 Å². The summed E-state index contributed by atoms with van der Waals surface area (Å²) in [6, 6.07) is 10.3. The number of benzene rings is 1. The molecule has 1 heteroatoms. The predicted molar refractivity (Wildman–Crippen MR) is 48.4 cm³/mol. The molecule has 0 nitrogen and oxygen atoms in total. The van der Waals surface area contributed by atoms with E-state index in [0.717, 1.165) is 0 Å². The van der Waals surface area contributed by atoms with Gasteiger partial charge in [0, 0.05) is 0 Å². The molecule has 0 amide bonds. The van der Waals surface area contributed by atoms with E-state index in [4.69, 9.17) is 0 Å². The van der Waals surface area contributed by atoms with Crippen molar-refractivity contribution in [2.75, 3.05) is 0 Å². The van der Waals surface area contributed by atoms with Gasteiger partial charge in [0.15, 0.2) is 0 Å². The van der Waals surface area contributed by atoms with Crippen LogP contribution >= 0.6 is 12.4 Å². The molecule has 0 aliphatic rings. The molecule has 0 fully saturated rings. The van der Waals surface area contributed by atoms with Crippen LogP contribution in [-0.4, -0.2) is 0 Å². The molecular weight excluding hydrogens is 144 g/mol. The van der Waals surface area contributed by atoms with Crippen LogP contribution in [0.25, 0.3) is 6.08 Å². The number of hydrogen-bond donors (Lipinski definition) is 0. The number of halogens is 1. The van der Waals surface area contributed by atoms with E-state index in [1.54, 1.807) is 0 Å². The van der Waals surface area contributed by atoms with Gasteiger partial charge in [0.2, 0.25) is 0 Å². The maximum atomic E-state index is 2.08. The van der Waals surface area contributed by atoms with Gasteiger partial charge < -0.3 is 0 Å². The standard InChI is InChI=1S/C9H10.ClH/c1-2-6-9-7-4-3-5-8-9;/h2-8H,1H3;1H. The van der Waals surface area contributed by atoms with Crippen molar-refractivity contribution in [1.82, 2.24) is 0 Å². The van der Waals surface area contributed by atoms with E-state index in [1.807, 2.05) is 31.2 Å². The molecule has 0 heterocycles. The molecule has 0 aromatic heterocycles. The van der Waals surface area contributed by atoms with Crippen molar-refractivity contribution in [2.24, 2.45) is 0 Å². The molecule has 0 atom stereocenters. The largest absolute Gasteiger partial charge is 0.147 e. The lowest BCUT2D eigenvalue weighted by Crippen LogP contribution is -1.65. The molecule has 0 radical (unpaired) electrons. The summed E-state index contributed by atoms with van der Waals surface area (Å²) in [6.45, 7) is 2.02. The summed E-state index contributed by atoms with van der Waals surface area (Å²) in [5.74, 6) is 0. The molecule has 10 heavy (non-hydrogen) atoms. The van der Waals surface area contributed by atoms with E-state index in [1.165, 1.54) is 5.56 Å². The highest BCUT2D eigenvalue weighted by Gasteiger charge is 1.77. The Morgan fingerprint density at radius 2 is 1.70 bits per heavy atom. The lowest BCUT2D eigenvalue weighted by Gasteiger charge is -1.86. The lowest BCUT2D eigenvalue weighted by molar-refractivity contribution is 1.64. The lowest BCUT2D eigenvalue weighted by atomic mass is 10.2. The fourth-order valence-corrected chi connectivity index (χ4v) is 0.757. The first-order valence-corrected chi connectivity index (χ1v) is 3.11. The van der Waals surface area contributed by atoms with Crippen LogP contribution in [0.15, 0.2) is 36.4 Å². The smallest absolute Gasteiger partial charge is 0.0260 e. The van der Waals surface area contributed by atoms with Crippen LogP contribution in [-0.2, 0) is 0 Å². The van der Waals surface area contributed by atoms with E-state index in [-0.39, 0.29) is 12.4 Å². The Morgan fingerprint density at radius 3 is 2.20 bits per heavy atom. The van der Waals surface area contributed by atoms with Crippen molar-refractivity contribution in [1.29, 1.82) is 0 Å². The highest BCUT2D eigenvalue weighted by molar-refractivity contribution is 5.85. The molecule has 0 aliphatic carbocycles. The second-order valence-corrected chi connectivity index (χ2v) is 1.91. The number of rotatable bonds is 1. The third-order valence-corrected chi connectivity index (χ3v) is 1.16. The minimum absolute atomic E-state index is 0. The third kappa shape index (κ3) is 2.70. The van der Waals surface area contributed by atoms with Crippen molar-refractivity contribution in [3.63, 3.8) is 0 Å². The summed E-state index contributed by atoms with van der Waals surface area (Å²) in [7, 11) is 0. The Labute approximate surface area is 68.0 Å². The van der Waals surface area contributed by atoms with Gasteiger partial charge >= 0.3 is 0 Å². The molecule has 0 saturated heterocycles. The second kappa shape index (κ2) is 5.07. The molecule has 0 N–H and O–H groups in total. The highest BCUT2D eigenvalue weighted by atomic mass is 35.5. The zero-order valence-electron chi connectivity index (χ0n) is 5.95. The molecule has 0 aliphatic heterocycles. The summed E-state index contributed by atoms with van der Waals surface area (Å²) < 4.78 is 0. The Morgan fingerprint density at radius 1 is 1.10 bits per heavy atom. The molecule has 1 aromatic rings. The van der Waals surface area contributed by atoms with Crippen molar-refractivity contribution in [2.45, 2.75) is 6.92 Å². The van der Waals surface area contributed by atoms with Gasteiger partial charge in [-0.25, -0.2) is 0 Å². The quantitative estimate of drug-likeness (QED) is 0.583. The van der Waals surface area contributed by atoms with Crippen LogP contribution in [0.2, 0.25) is 0 Å². The maximum Gasteiger partial charge on any atom is -0.0260 e. The molecule has 0 saturated carbocycles. The first kappa shape index (κ1) is 9.25. The van der Waals surface area contributed by atoms with Crippen molar-refractivity contribution in [3.05, 3.63) is 42.0 Å². The summed E-state index contributed by atoms with van der Waals surface area (Å²) >= 11 is 0. The molecule has 54 valence electrons. The van der Waals surface area contributed by atoms with Gasteiger partial charge in [-0.3, -0.25) is 0 Å². The van der Waals surface area contributed by atoms with Crippen LogP contribution in [0.1, 0.15) is 12.5 Å². The average molecular weight is 155 g/mol. The normalized spacial score (nSPS) is 9.30. The number of hydrogen-bond acceptors (Lipinski definition) is 0. The van der Waals surface area contributed by atoms with E-state index in [9.17, 15) is 0 Å². The van der Waals surface area contributed by atoms with Gasteiger partial charge in [-0.05, 0) is 12.5 Å². The second-order valence-electron chi connectivity index (χ2n) is 1.91. The minimum Gasteiger partial charge on any atom is -0.147 e. The molecule has 0 unspecified atom stereocenters. The van der Waals surface area contributed by atoms with Gasteiger partial charge in [0.1, 0.15) is 0 Å². The summed E-state index contributed by atoms with van der Waals surface area (Å²) in [4.78, 5) is 0. The predicted octanol–water partition coefficient (Wildman–Crippen LogP) is 3.14. The Balaban J connectivity index is 0.000000810. The van der Waals surface area contributed by atoms with Gasteiger partial charge in [0.25, 0.3) is 0 Å². The van der Waals surface area contributed by atoms with Crippen molar-refractivity contribution >= 4 is 18.5 Å². The zero-order valence-corrected chi connectivity index (χ0v) is 6.77. The average Bonchev–Trinajstić information content (AvgIpc) is 1.91. The Hall–Kier alpha value is -0.750. The van der Waals surface area contributed by atoms with Crippen molar-refractivity contribution in [3.8, 4) is 0 Å². The monoisotopic (exact) mass is 154 g/mol. The van der Waals surface area contributed by atoms with Gasteiger partial charge in [0.05, 0.1) is 0 Å². The SMILES string of the molecule is CC=Cc1ccccc1.Cl. The van der Waals surface area contributed by atoms with Crippen LogP contribution < -0.4 is 0 Å². The fraction of sp³-hybridized carbons (Fsp3) is 0.111. The van der Waals surface area contributed by atoms with Gasteiger partial charge in [-0.1, -0.05) is 42.5 Å². The fourth-order valence-electron chi connectivity index (χ4n) is 0.757. The number of allylic oxidation sites excluding steroid dienone is 1. The van der Waals surface area contributed by atoms with E-state index in [2.05, 4.69) is 18.2 Å². The highest BCUT2D eigenvalue weighted by Crippen LogP contribution is 1.99. The maximum absolute atomic E-state index is 2.08. The van der Waals surface area contributed by atoms with Crippen LogP contribution in [0.5, 0.6) is 0 Å². The molecular formula is C9H11Cl. The van der Waals surface area contributed by atoms with Gasteiger partial charge in [-0.2, -0.15) is 0 Å². The Bertz CT molecular complexity index is 189. The molecule has 0 spiro atoms. The van der Waals surface area contributed by atoms with Crippen LogP contribution in [0.3, 0.4) is 0 Å². The minimum atomic E-state index is 0.